The van der Waals surface area contributed by atoms with Crippen LogP contribution in [0.3, 0.4) is 0 Å². The summed E-state index contributed by atoms with van der Waals surface area (Å²) in [5, 5.41) is 15.9. The van der Waals surface area contributed by atoms with E-state index in [1.54, 1.807) is 68.4 Å². The van der Waals surface area contributed by atoms with E-state index in [0.717, 1.165) is 6.07 Å². The number of anilines is 1. The van der Waals surface area contributed by atoms with E-state index in [0.29, 0.717) is 16.8 Å². The van der Waals surface area contributed by atoms with Crippen LogP contribution in [0.5, 0.6) is 11.5 Å². The van der Waals surface area contributed by atoms with Gasteiger partial charge in [0.05, 0.1) is 31.6 Å². The number of aliphatic hydroxyl groups is 1. The van der Waals surface area contributed by atoms with E-state index in [4.69, 9.17) is 24.2 Å². The first-order chi connectivity index (χ1) is 19.0. The van der Waals surface area contributed by atoms with Crippen LogP contribution < -0.4 is 20.4 Å². The number of carbonyl (C=O) groups is 2. The highest BCUT2D eigenvalue weighted by atomic mass is 19.1. The minimum atomic E-state index is -1.19. The highest BCUT2D eigenvalue weighted by molar-refractivity contribution is 5.89. The number of rotatable bonds is 14. The van der Waals surface area contributed by atoms with E-state index in [-0.39, 0.29) is 43.5 Å². The normalized spacial score (nSPS) is 11.5. The Bertz CT molecular complexity index is 1250. The number of hydrogen-bond donors (Lipinski definition) is 3. The van der Waals surface area contributed by atoms with Crippen molar-refractivity contribution < 1.29 is 38.1 Å². The molecule has 3 aromatic carbocycles. The fourth-order valence-electron chi connectivity index (χ4n) is 3.43. The molecule has 3 aromatic rings. The third-order valence-corrected chi connectivity index (χ3v) is 5.18. The molecule has 3 N–H and O–H groups in total. The fraction of sp³-hybridized carbons (Fsp3) is 0.250. The second-order valence-corrected chi connectivity index (χ2v) is 7.88. The maximum absolute atomic E-state index is 15.1. The zero-order valence-corrected chi connectivity index (χ0v) is 21.6. The molecule has 11 heteroatoms. The third-order valence-electron chi connectivity index (χ3n) is 5.18. The summed E-state index contributed by atoms with van der Waals surface area (Å²) in [6, 6.07) is 16.5. The lowest BCUT2D eigenvalue weighted by molar-refractivity contribution is -0.144. The molecule has 1 atom stereocenters. The zero-order chi connectivity index (χ0) is 28.0. The summed E-state index contributed by atoms with van der Waals surface area (Å²) in [4.78, 5) is 29.6. The molecule has 3 rings (SSSR count). The second kappa shape index (κ2) is 14.9. The van der Waals surface area contributed by atoms with Crippen molar-refractivity contribution in [2.24, 2.45) is 5.10 Å². The van der Waals surface area contributed by atoms with Crippen LogP contribution in [0.25, 0.3) is 0 Å². The van der Waals surface area contributed by atoms with Gasteiger partial charge in [0.15, 0.2) is 17.5 Å². The Labute approximate surface area is 225 Å². The summed E-state index contributed by atoms with van der Waals surface area (Å²) in [6.45, 7) is 3.50. The van der Waals surface area contributed by atoms with Crippen LogP contribution in [0.2, 0.25) is 0 Å². The Hall–Kier alpha value is -4.64. The van der Waals surface area contributed by atoms with Gasteiger partial charge in [-0.25, -0.2) is 14.0 Å². The van der Waals surface area contributed by atoms with E-state index < -0.39 is 23.8 Å². The van der Waals surface area contributed by atoms with Crippen LogP contribution in [0.15, 0.2) is 71.8 Å². The lowest BCUT2D eigenvalue weighted by atomic mass is 10.0. The van der Waals surface area contributed by atoms with Crippen molar-refractivity contribution in [3.05, 3.63) is 89.2 Å². The standard InChI is InChI=1S/C28H30FN3O7/c1-3-36-24-16-22(23(29)17-25(24)38-15-14-33)26(28(35)37-4-2)31-21-12-10-19(11-13-21)18-30-32-39-27(34)20-8-6-5-7-9-20/h5-13,16-18,26,31-33H,3-4,14-15H2,1-2H3. The van der Waals surface area contributed by atoms with Crippen LogP contribution in [-0.2, 0) is 14.4 Å². The number of ether oxygens (including phenoxy) is 3. The monoisotopic (exact) mass is 539 g/mol. The van der Waals surface area contributed by atoms with Gasteiger partial charge in [-0.05, 0) is 49.7 Å². The Morgan fingerprint density at radius 2 is 1.72 bits per heavy atom. The zero-order valence-electron chi connectivity index (χ0n) is 21.6. The summed E-state index contributed by atoms with van der Waals surface area (Å²) >= 11 is 0. The molecule has 0 bridgehead atoms. The fourth-order valence-corrected chi connectivity index (χ4v) is 3.43. The van der Waals surface area contributed by atoms with Crippen molar-refractivity contribution in [3.8, 4) is 11.5 Å². The first kappa shape index (κ1) is 28.9. The summed E-state index contributed by atoms with van der Waals surface area (Å²) < 4.78 is 31.3. The highest BCUT2D eigenvalue weighted by Crippen LogP contribution is 2.34. The van der Waals surface area contributed by atoms with E-state index >= 15 is 4.39 Å². The number of aliphatic hydroxyl groups excluding tert-OH is 1. The average molecular weight is 540 g/mol. The van der Waals surface area contributed by atoms with Crippen LogP contribution in [0.4, 0.5) is 10.1 Å². The van der Waals surface area contributed by atoms with Crippen LogP contribution >= 0.6 is 0 Å². The smallest absolute Gasteiger partial charge is 0.364 e. The van der Waals surface area contributed by atoms with Crippen molar-refractivity contribution in [2.75, 3.05) is 31.7 Å². The summed E-state index contributed by atoms with van der Waals surface area (Å²) in [7, 11) is 0. The van der Waals surface area contributed by atoms with Crippen molar-refractivity contribution in [1.82, 2.24) is 5.59 Å². The number of nitrogens with one attached hydrogen (secondary N) is 2. The van der Waals surface area contributed by atoms with Crippen LogP contribution in [0, 0.1) is 5.82 Å². The Kier molecular flexibility index (Phi) is 11.1. The molecule has 1 unspecified atom stereocenters. The van der Waals surface area contributed by atoms with E-state index in [2.05, 4.69) is 16.0 Å². The topological polar surface area (TPSA) is 128 Å². The molecule has 0 aliphatic carbocycles. The molecule has 0 aliphatic heterocycles. The van der Waals surface area contributed by atoms with Crippen molar-refractivity contribution >= 4 is 23.8 Å². The predicted molar refractivity (Wildman–Crippen MR) is 142 cm³/mol. The molecule has 0 radical (unpaired) electrons. The third kappa shape index (κ3) is 8.44. The largest absolute Gasteiger partial charge is 0.490 e. The molecule has 39 heavy (non-hydrogen) atoms. The van der Waals surface area contributed by atoms with Crippen molar-refractivity contribution in [1.29, 1.82) is 0 Å². The van der Waals surface area contributed by atoms with E-state index in [1.807, 2.05) is 0 Å². The molecule has 0 saturated heterocycles. The van der Waals surface area contributed by atoms with Crippen molar-refractivity contribution in [3.63, 3.8) is 0 Å². The molecule has 0 amide bonds. The summed E-state index contributed by atoms with van der Waals surface area (Å²) in [5.74, 6) is -1.63. The van der Waals surface area contributed by atoms with Gasteiger partial charge in [-0.3, -0.25) is 0 Å². The van der Waals surface area contributed by atoms with E-state index in [1.165, 1.54) is 12.3 Å². The molecule has 0 heterocycles. The van der Waals surface area contributed by atoms with Crippen LogP contribution in [-0.4, -0.2) is 49.7 Å². The number of nitrogens with zero attached hydrogens (tertiary/aromatic N) is 1. The maximum Gasteiger partial charge on any atom is 0.364 e. The minimum absolute atomic E-state index is 0.00307. The number of carbonyl (C=O) groups excluding carboxylic acids is 2. The van der Waals surface area contributed by atoms with Crippen molar-refractivity contribution in [2.45, 2.75) is 19.9 Å². The first-order valence-electron chi connectivity index (χ1n) is 12.2. The molecule has 206 valence electrons. The lowest BCUT2D eigenvalue weighted by Crippen LogP contribution is -2.24. The van der Waals surface area contributed by atoms with Crippen LogP contribution in [0.1, 0.15) is 41.4 Å². The quantitative estimate of drug-likeness (QED) is 0.158. The summed E-state index contributed by atoms with van der Waals surface area (Å²) in [5.41, 5.74) is 3.78. The van der Waals surface area contributed by atoms with Gasteiger partial charge < -0.3 is 29.5 Å². The Balaban J connectivity index is 1.72. The molecule has 0 aliphatic rings. The number of esters is 1. The Morgan fingerprint density at radius 1 is 1.00 bits per heavy atom. The van der Waals surface area contributed by atoms with Gasteiger partial charge in [-0.15, -0.1) is 5.59 Å². The predicted octanol–water partition coefficient (Wildman–Crippen LogP) is 4.01. The molecule has 0 fully saturated rings. The SMILES string of the molecule is CCOC(=O)C(Nc1ccc(C=NNOC(=O)c2ccccc2)cc1)c1cc(OCC)c(OCCO)cc1F. The van der Waals surface area contributed by atoms with E-state index in [9.17, 15) is 9.59 Å². The number of halogens is 1. The van der Waals surface area contributed by atoms with Gasteiger partial charge in [-0.1, -0.05) is 30.3 Å². The lowest BCUT2D eigenvalue weighted by Gasteiger charge is -2.21. The van der Waals surface area contributed by atoms with Gasteiger partial charge in [0.2, 0.25) is 0 Å². The molecule has 0 saturated carbocycles. The molecule has 0 aromatic heterocycles. The minimum Gasteiger partial charge on any atom is -0.490 e. The number of hydrogen-bond acceptors (Lipinski definition) is 10. The molecule has 10 nitrogen and oxygen atoms in total. The molecular formula is C28H30FN3O7. The van der Waals surface area contributed by atoms with Gasteiger partial charge in [-0.2, -0.15) is 5.10 Å². The average Bonchev–Trinajstić information content (AvgIpc) is 2.95. The second-order valence-electron chi connectivity index (χ2n) is 7.88. The van der Waals surface area contributed by atoms with Gasteiger partial charge in [0, 0.05) is 17.3 Å². The van der Waals surface area contributed by atoms with Gasteiger partial charge >= 0.3 is 11.9 Å². The van der Waals surface area contributed by atoms with Gasteiger partial charge in [0.1, 0.15) is 12.4 Å². The number of hydrazone groups is 1. The molecular weight excluding hydrogens is 509 g/mol. The summed E-state index contributed by atoms with van der Waals surface area (Å²) in [6.07, 6.45) is 1.43. The first-order valence-corrected chi connectivity index (χ1v) is 12.2. The Morgan fingerprint density at radius 3 is 2.38 bits per heavy atom. The molecule has 0 spiro atoms. The highest BCUT2D eigenvalue weighted by Gasteiger charge is 2.27. The number of benzene rings is 3. The van der Waals surface area contributed by atoms with Gasteiger partial charge in [0.25, 0.3) is 0 Å². The maximum atomic E-state index is 15.1.